The molecule has 0 aromatic heterocycles. The van der Waals surface area contributed by atoms with E-state index in [1.807, 2.05) is 0 Å². The van der Waals surface area contributed by atoms with E-state index in [-0.39, 0.29) is 18.4 Å². The summed E-state index contributed by atoms with van der Waals surface area (Å²) in [5.74, 6) is -0.102. The van der Waals surface area contributed by atoms with Crippen molar-refractivity contribution in [1.82, 2.24) is 15.5 Å². The van der Waals surface area contributed by atoms with E-state index in [1.165, 1.54) is 4.90 Å². The molecule has 6 heteroatoms. The average Bonchev–Trinajstić information content (AvgIpc) is 2.41. The highest BCUT2D eigenvalue weighted by Crippen LogP contribution is 2.19. The Bertz CT molecular complexity index is 364. The van der Waals surface area contributed by atoms with E-state index >= 15 is 0 Å². The first-order chi connectivity index (χ1) is 8.25. The molecule has 18 heavy (non-hydrogen) atoms. The number of hydrogen-bond acceptors (Lipinski definition) is 3. The van der Waals surface area contributed by atoms with Crippen LogP contribution in [0.4, 0.5) is 4.79 Å². The Kier molecular flexibility index (Phi) is 4.32. The van der Waals surface area contributed by atoms with E-state index in [0.29, 0.717) is 12.5 Å². The number of nitrogens with zero attached hydrogens (tertiary/aromatic N) is 1. The molecule has 1 saturated heterocycles. The fourth-order valence-electron chi connectivity index (χ4n) is 1.66. The summed E-state index contributed by atoms with van der Waals surface area (Å²) >= 11 is 0. The third kappa shape index (κ3) is 3.21. The lowest BCUT2D eigenvalue weighted by atomic mass is 10.0. The minimum atomic E-state index is -0.966. The second kappa shape index (κ2) is 5.37. The van der Waals surface area contributed by atoms with E-state index < -0.39 is 11.6 Å². The zero-order valence-corrected chi connectivity index (χ0v) is 11.4. The molecular weight excluding hydrogens is 234 g/mol. The van der Waals surface area contributed by atoms with Gasteiger partial charge in [-0.2, -0.15) is 0 Å². The molecule has 0 aliphatic carbocycles. The number of nitrogens with one attached hydrogen (secondary N) is 2. The van der Waals surface area contributed by atoms with Crippen molar-refractivity contribution < 1.29 is 14.4 Å². The standard InChI is InChI=1S/C12H21N3O3/c1-8(2)5-6-13-9(16)7-15-11(18)14-10(17)12(15,3)4/h8H,5-7H2,1-4H3,(H,13,16)(H,14,17,18). The number of carbonyl (C=O) groups excluding carboxylic acids is 3. The van der Waals surface area contributed by atoms with Crippen LogP contribution in [-0.4, -0.2) is 41.4 Å². The molecule has 1 aliphatic heterocycles. The van der Waals surface area contributed by atoms with Crippen LogP contribution in [0.25, 0.3) is 0 Å². The van der Waals surface area contributed by atoms with Gasteiger partial charge in [0.15, 0.2) is 0 Å². The first kappa shape index (κ1) is 14.5. The molecule has 1 rings (SSSR count). The van der Waals surface area contributed by atoms with E-state index in [2.05, 4.69) is 24.5 Å². The third-order valence-corrected chi connectivity index (χ3v) is 3.04. The number of rotatable bonds is 5. The lowest BCUT2D eigenvalue weighted by Crippen LogP contribution is -2.49. The highest BCUT2D eigenvalue weighted by atomic mass is 16.2. The van der Waals surface area contributed by atoms with E-state index in [9.17, 15) is 14.4 Å². The van der Waals surface area contributed by atoms with Gasteiger partial charge in [-0.25, -0.2) is 4.79 Å². The molecule has 102 valence electrons. The molecule has 1 fully saturated rings. The minimum absolute atomic E-state index is 0.0946. The molecule has 2 N–H and O–H groups in total. The number of carbonyl (C=O) groups is 3. The predicted octanol–water partition coefficient (Wildman–Crippen LogP) is 0.479. The Hall–Kier alpha value is -1.59. The molecule has 1 aliphatic rings. The van der Waals surface area contributed by atoms with Gasteiger partial charge in [0.25, 0.3) is 5.91 Å². The van der Waals surface area contributed by atoms with Crippen molar-refractivity contribution in [3.63, 3.8) is 0 Å². The van der Waals surface area contributed by atoms with Crippen molar-refractivity contribution in [2.75, 3.05) is 13.1 Å². The lowest BCUT2D eigenvalue weighted by molar-refractivity contribution is -0.127. The minimum Gasteiger partial charge on any atom is -0.355 e. The van der Waals surface area contributed by atoms with Gasteiger partial charge < -0.3 is 10.2 Å². The maximum Gasteiger partial charge on any atom is 0.325 e. The fraction of sp³-hybridized carbons (Fsp3) is 0.750. The monoisotopic (exact) mass is 255 g/mol. The Morgan fingerprint density at radius 1 is 1.39 bits per heavy atom. The maximum atomic E-state index is 11.7. The highest BCUT2D eigenvalue weighted by molar-refractivity contribution is 6.07. The van der Waals surface area contributed by atoms with Crippen LogP contribution < -0.4 is 10.6 Å². The highest BCUT2D eigenvalue weighted by Gasteiger charge is 2.46. The summed E-state index contributed by atoms with van der Waals surface area (Å²) in [6, 6.07) is -0.510. The summed E-state index contributed by atoms with van der Waals surface area (Å²) in [6.07, 6.45) is 0.889. The van der Waals surface area contributed by atoms with Crippen molar-refractivity contribution in [3.05, 3.63) is 0 Å². The Balaban J connectivity index is 2.49. The van der Waals surface area contributed by atoms with E-state index in [1.54, 1.807) is 13.8 Å². The molecule has 0 radical (unpaired) electrons. The van der Waals surface area contributed by atoms with Crippen LogP contribution in [0.5, 0.6) is 0 Å². The Morgan fingerprint density at radius 2 is 2.00 bits per heavy atom. The molecule has 0 bridgehead atoms. The van der Waals surface area contributed by atoms with Crippen molar-refractivity contribution in [2.45, 2.75) is 39.7 Å². The molecule has 0 aromatic carbocycles. The van der Waals surface area contributed by atoms with Crippen LogP contribution in [0.2, 0.25) is 0 Å². The fourth-order valence-corrected chi connectivity index (χ4v) is 1.66. The number of amides is 4. The van der Waals surface area contributed by atoms with Gasteiger partial charge in [0.05, 0.1) is 0 Å². The summed E-state index contributed by atoms with van der Waals surface area (Å²) in [5.41, 5.74) is -0.966. The van der Waals surface area contributed by atoms with Gasteiger partial charge in [0, 0.05) is 6.54 Å². The third-order valence-electron chi connectivity index (χ3n) is 3.04. The topological polar surface area (TPSA) is 78.5 Å². The first-order valence-corrected chi connectivity index (χ1v) is 6.15. The zero-order chi connectivity index (χ0) is 13.9. The first-order valence-electron chi connectivity index (χ1n) is 6.15. The van der Waals surface area contributed by atoms with Crippen LogP contribution in [0.3, 0.4) is 0 Å². The molecule has 0 aromatic rings. The van der Waals surface area contributed by atoms with E-state index in [0.717, 1.165) is 6.42 Å². The summed E-state index contributed by atoms with van der Waals surface area (Å²) in [4.78, 5) is 36.0. The van der Waals surface area contributed by atoms with Gasteiger partial charge in [-0.15, -0.1) is 0 Å². The number of imide groups is 1. The SMILES string of the molecule is CC(C)CCNC(=O)CN1C(=O)NC(=O)C1(C)C. The van der Waals surface area contributed by atoms with Crippen molar-refractivity contribution in [1.29, 1.82) is 0 Å². The second-order valence-corrected chi connectivity index (χ2v) is 5.44. The van der Waals surface area contributed by atoms with Gasteiger partial charge in [0.2, 0.25) is 5.91 Å². The Labute approximate surface area is 107 Å². The zero-order valence-electron chi connectivity index (χ0n) is 11.4. The lowest BCUT2D eigenvalue weighted by Gasteiger charge is -2.27. The van der Waals surface area contributed by atoms with Crippen LogP contribution in [0.1, 0.15) is 34.1 Å². The summed E-state index contributed by atoms with van der Waals surface area (Å²) < 4.78 is 0. The molecule has 1 heterocycles. The van der Waals surface area contributed by atoms with Gasteiger partial charge >= 0.3 is 6.03 Å². The molecule has 0 spiro atoms. The predicted molar refractivity (Wildman–Crippen MR) is 66.8 cm³/mol. The smallest absolute Gasteiger partial charge is 0.325 e. The van der Waals surface area contributed by atoms with Crippen molar-refractivity contribution in [2.24, 2.45) is 5.92 Å². The van der Waals surface area contributed by atoms with Gasteiger partial charge in [-0.05, 0) is 26.2 Å². The van der Waals surface area contributed by atoms with Gasteiger partial charge in [0.1, 0.15) is 12.1 Å². The van der Waals surface area contributed by atoms with E-state index in [4.69, 9.17) is 0 Å². The number of urea groups is 1. The quantitative estimate of drug-likeness (QED) is 0.701. The molecule has 4 amide bonds. The normalized spacial score (nSPS) is 18.2. The summed E-state index contributed by atoms with van der Waals surface area (Å²) in [6.45, 7) is 7.87. The number of hydrogen-bond donors (Lipinski definition) is 2. The summed E-state index contributed by atoms with van der Waals surface area (Å²) in [7, 11) is 0. The van der Waals surface area contributed by atoms with Crippen LogP contribution >= 0.6 is 0 Å². The van der Waals surface area contributed by atoms with Gasteiger partial charge in [-0.1, -0.05) is 13.8 Å². The molecule has 6 nitrogen and oxygen atoms in total. The van der Waals surface area contributed by atoms with Gasteiger partial charge in [-0.3, -0.25) is 14.9 Å². The van der Waals surface area contributed by atoms with Crippen molar-refractivity contribution >= 4 is 17.8 Å². The maximum absolute atomic E-state index is 11.7. The van der Waals surface area contributed by atoms with Crippen molar-refractivity contribution in [3.8, 4) is 0 Å². The molecule has 0 atom stereocenters. The largest absolute Gasteiger partial charge is 0.355 e. The molecule has 0 saturated carbocycles. The van der Waals surface area contributed by atoms with Crippen LogP contribution in [0, 0.1) is 5.92 Å². The average molecular weight is 255 g/mol. The molecule has 0 unspecified atom stereocenters. The summed E-state index contributed by atoms with van der Waals surface area (Å²) in [5, 5.41) is 4.95. The Morgan fingerprint density at radius 3 is 2.44 bits per heavy atom. The second-order valence-electron chi connectivity index (χ2n) is 5.44. The van der Waals surface area contributed by atoms with Crippen LogP contribution in [0.15, 0.2) is 0 Å². The molecular formula is C12H21N3O3. The van der Waals surface area contributed by atoms with Crippen LogP contribution in [-0.2, 0) is 9.59 Å².